The molecule has 0 bridgehead atoms. The fraction of sp³-hybridized carbons (Fsp3) is 0.500. The van der Waals surface area contributed by atoms with Gasteiger partial charge in [0.05, 0.1) is 0 Å². The highest BCUT2D eigenvalue weighted by molar-refractivity contribution is 6.02. The van der Waals surface area contributed by atoms with E-state index in [1.807, 2.05) is 32.0 Å². The number of Topliss-reactive ketones (excluding diaryl/α,β-unsaturated/α-hetero) is 1. The molecule has 0 radical (unpaired) electrons. The summed E-state index contributed by atoms with van der Waals surface area (Å²) in [5.41, 5.74) is 2.71. The number of aromatic amines is 1. The van der Waals surface area contributed by atoms with Crippen molar-refractivity contribution in [3.8, 4) is 0 Å². The first-order valence-corrected chi connectivity index (χ1v) is 11.6. The van der Waals surface area contributed by atoms with Gasteiger partial charge in [-0.05, 0) is 60.9 Å². The SMILES string of the molecule is CC1CCN(Cc2ccccc2CNC(=O)c2cc3c([nH]c2=O)CC(C)(C)CC3=O)CC1. The van der Waals surface area contributed by atoms with Crippen LogP contribution in [-0.2, 0) is 19.5 Å². The number of nitrogens with one attached hydrogen (secondary N) is 2. The van der Waals surface area contributed by atoms with Crippen LogP contribution in [0.15, 0.2) is 35.1 Å². The van der Waals surface area contributed by atoms with Crippen molar-refractivity contribution < 1.29 is 9.59 Å². The molecule has 1 aliphatic carbocycles. The topological polar surface area (TPSA) is 82.3 Å². The first kappa shape index (κ1) is 22.5. The van der Waals surface area contributed by atoms with Crippen LogP contribution in [0, 0.1) is 11.3 Å². The van der Waals surface area contributed by atoms with Crippen molar-refractivity contribution in [2.45, 2.75) is 59.5 Å². The van der Waals surface area contributed by atoms with E-state index in [0.717, 1.165) is 31.1 Å². The van der Waals surface area contributed by atoms with E-state index in [9.17, 15) is 14.4 Å². The third-order valence-electron chi connectivity index (χ3n) is 6.79. The lowest BCUT2D eigenvalue weighted by atomic mass is 9.75. The normalized spacial score (nSPS) is 18.9. The van der Waals surface area contributed by atoms with Gasteiger partial charge < -0.3 is 10.3 Å². The van der Waals surface area contributed by atoms with E-state index >= 15 is 0 Å². The molecule has 2 aromatic rings. The monoisotopic (exact) mass is 435 g/mol. The van der Waals surface area contributed by atoms with Gasteiger partial charge in [0.2, 0.25) is 0 Å². The zero-order valence-electron chi connectivity index (χ0n) is 19.3. The molecule has 6 heteroatoms. The van der Waals surface area contributed by atoms with Crippen molar-refractivity contribution in [2.75, 3.05) is 13.1 Å². The zero-order chi connectivity index (χ0) is 22.9. The number of pyridine rings is 1. The molecule has 2 heterocycles. The summed E-state index contributed by atoms with van der Waals surface area (Å²) in [7, 11) is 0. The number of carbonyl (C=O) groups is 2. The van der Waals surface area contributed by atoms with E-state index < -0.39 is 11.5 Å². The highest BCUT2D eigenvalue weighted by atomic mass is 16.2. The summed E-state index contributed by atoms with van der Waals surface area (Å²) >= 11 is 0. The number of rotatable bonds is 5. The Morgan fingerprint density at radius 1 is 1.12 bits per heavy atom. The Morgan fingerprint density at radius 2 is 1.81 bits per heavy atom. The zero-order valence-corrected chi connectivity index (χ0v) is 19.3. The van der Waals surface area contributed by atoms with Crippen LogP contribution >= 0.6 is 0 Å². The Bertz CT molecular complexity index is 1080. The van der Waals surface area contributed by atoms with Crippen molar-refractivity contribution in [3.05, 3.63) is 68.6 Å². The van der Waals surface area contributed by atoms with Gasteiger partial charge in [-0.3, -0.25) is 19.3 Å². The van der Waals surface area contributed by atoms with Crippen LogP contribution in [-0.4, -0.2) is 34.7 Å². The second-order valence-corrected chi connectivity index (χ2v) is 10.3. The van der Waals surface area contributed by atoms with Gasteiger partial charge >= 0.3 is 0 Å². The number of benzene rings is 1. The molecular weight excluding hydrogens is 402 g/mol. The number of nitrogens with zero attached hydrogens (tertiary/aromatic N) is 1. The molecule has 0 unspecified atom stereocenters. The lowest BCUT2D eigenvalue weighted by Crippen LogP contribution is -2.35. The van der Waals surface area contributed by atoms with Crippen LogP contribution < -0.4 is 10.9 Å². The molecular formula is C26H33N3O3. The third-order valence-corrected chi connectivity index (χ3v) is 6.79. The summed E-state index contributed by atoms with van der Waals surface area (Å²) in [6, 6.07) is 9.59. The van der Waals surface area contributed by atoms with Crippen molar-refractivity contribution in [1.82, 2.24) is 15.2 Å². The number of hydrogen-bond acceptors (Lipinski definition) is 4. The second kappa shape index (κ2) is 9.02. The third kappa shape index (κ3) is 5.01. The number of likely N-dealkylation sites (tertiary alicyclic amines) is 1. The number of aromatic nitrogens is 1. The lowest BCUT2D eigenvalue weighted by molar-refractivity contribution is 0.0910. The van der Waals surface area contributed by atoms with Gasteiger partial charge in [0.15, 0.2) is 5.78 Å². The van der Waals surface area contributed by atoms with E-state index in [0.29, 0.717) is 30.6 Å². The number of amides is 1. The van der Waals surface area contributed by atoms with Crippen LogP contribution in [0.1, 0.15) is 77.6 Å². The Balaban J connectivity index is 1.46. The second-order valence-electron chi connectivity index (χ2n) is 10.3. The molecule has 1 amide bonds. The lowest BCUT2D eigenvalue weighted by Gasteiger charge is -2.30. The van der Waals surface area contributed by atoms with Crippen LogP contribution in [0.4, 0.5) is 0 Å². The molecule has 0 saturated carbocycles. The predicted octanol–water partition coefficient (Wildman–Crippen LogP) is 3.69. The minimum atomic E-state index is -0.451. The first-order valence-electron chi connectivity index (χ1n) is 11.6. The maximum Gasteiger partial charge on any atom is 0.261 e. The van der Waals surface area contributed by atoms with E-state index in [1.54, 1.807) is 0 Å². The predicted molar refractivity (Wildman–Crippen MR) is 125 cm³/mol. The summed E-state index contributed by atoms with van der Waals surface area (Å²) in [4.78, 5) is 43.2. The largest absolute Gasteiger partial charge is 0.348 e. The summed E-state index contributed by atoms with van der Waals surface area (Å²) in [5.74, 6) is 0.310. The van der Waals surface area contributed by atoms with E-state index in [4.69, 9.17) is 0 Å². The van der Waals surface area contributed by atoms with E-state index in [1.165, 1.54) is 24.5 Å². The molecule has 1 fully saturated rings. The minimum Gasteiger partial charge on any atom is -0.348 e. The molecule has 6 nitrogen and oxygen atoms in total. The fourth-order valence-electron chi connectivity index (χ4n) is 4.81. The number of ketones is 1. The summed E-state index contributed by atoms with van der Waals surface area (Å²) < 4.78 is 0. The maximum atomic E-state index is 12.8. The highest BCUT2D eigenvalue weighted by Gasteiger charge is 2.32. The number of piperidine rings is 1. The van der Waals surface area contributed by atoms with E-state index in [-0.39, 0.29) is 16.8 Å². The maximum absolute atomic E-state index is 12.8. The van der Waals surface area contributed by atoms with Gasteiger partial charge in [0.25, 0.3) is 11.5 Å². The van der Waals surface area contributed by atoms with Crippen LogP contribution in [0.3, 0.4) is 0 Å². The average Bonchev–Trinajstić information content (AvgIpc) is 2.73. The molecule has 0 atom stereocenters. The Kier molecular flexibility index (Phi) is 6.33. The summed E-state index contributed by atoms with van der Waals surface area (Å²) in [5, 5.41) is 2.89. The van der Waals surface area contributed by atoms with Crippen molar-refractivity contribution in [1.29, 1.82) is 0 Å². The molecule has 1 saturated heterocycles. The number of hydrogen-bond donors (Lipinski definition) is 2. The van der Waals surface area contributed by atoms with Crippen LogP contribution in [0.25, 0.3) is 0 Å². The highest BCUT2D eigenvalue weighted by Crippen LogP contribution is 2.33. The first-order chi connectivity index (χ1) is 15.2. The standard InChI is InChI=1S/C26H33N3O3/c1-17-8-10-29(11-9-17)16-19-7-5-4-6-18(19)15-27-24(31)21-12-20-22(28-25(21)32)13-26(2,3)14-23(20)30/h4-7,12,17H,8-11,13-16H2,1-3H3,(H,27,31)(H,28,32). The molecule has 32 heavy (non-hydrogen) atoms. The van der Waals surface area contributed by atoms with Gasteiger partial charge in [-0.2, -0.15) is 0 Å². The molecule has 2 aliphatic rings. The van der Waals surface area contributed by atoms with Gasteiger partial charge in [0, 0.05) is 30.8 Å². The van der Waals surface area contributed by atoms with Crippen molar-refractivity contribution in [3.63, 3.8) is 0 Å². The molecule has 0 spiro atoms. The number of fused-ring (bicyclic) bond motifs is 1. The summed E-state index contributed by atoms with van der Waals surface area (Å²) in [6.45, 7) is 9.72. The Morgan fingerprint density at radius 3 is 2.53 bits per heavy atom. The quantitative estimate of drug-likeness (QED) is 0.750. The average molecular weight is 436 g/mol. The minimum absolute atomic E-state index is 0.000643. The van der Waals surface area contributed by atoms with Gasteiger partial charge in [-0.15, -0.1) is 0 Å². The summed E-state index contributed by atoms with van der Waals surface area (Å²) in [6.07, 6.45) is 3.47. The van der Waals surface area contributed by atoms with E-state index in [2.05, 4.69) is 28.2 Å². The molecule has 4 rings (SSSR count). The van der Waals surface area contributed by atoms with Crippen LogP contribution in [0.2, 0.25) is 0 Å². The molecule has 170 valence electrons. The Hall–Kier alpha value is -2.73. The molecule has 1 aromatic carbocycles. The molecule has 2 N–H and O–H groups in total. The van der Waals surface area contributed by atoms with Crippen LogP contribution in [0.5, 0.6) is 0 Å². The fourth-order valence-corrected chi connectivity index (χ4v) is 4.81. The van der Waals surface area contributed by atoms with Crippen molar-refractivity contribution >= 4 is 11.7 Å². The Labute approximate surface area is 189 Å². The molecule has 1 aromatic heterocycles. The molecule has 1 aliphatic heterocycles. The van der Waals surface area contributed by atoms with Crippen molar-refractivity contribution in [2.24, 2.45) is 11.3 Å². The number of carbonyl (C=O) groups excluding carboxylic acids is 2. The van der Waals surface area contributed by atoms with Gasteiger partial charge in [-0.25, -0.2) is 0 Å². The van der Waals surface area contributed by atoms with Gasteiger partial charge in [0.1, 0.15) is 5.56 Å². The van der Waals surface area contributed by atoms with Gasteiger partial charge in [-0.1, -0.05) is 45.0 Å². The number of H-pyrrole nitrogens is 1. The smallest absolute Gasteiger partial charge is 0.261 e.